The first-order valence-electron chi connectivity index (χ1n) is 4.51. The van der Waals surface area contributed by atoms with E-state index in [1.165, 1.54) is 0 Å². The van der Waals surface area contributed by atoms with Crippen LogP contribution in [0.3, 0.4) is 0 Å². The van der Waals surface area contributed by atoms with Crippen molar-refractivity contribution < 1.29 is 4.79 Å². The number of carbonyl (C=O) groups excluding carboxylic acids is 1. The van der Waals surface area contributed by atoms with Gasteiger partial charge in [0.25, 0.3) is 0 Å². The highest BCUT2D eigenvalue weighted by Gasteiger charge is 2.15. The molecule has 0 amide bonds. The first kappa shape index (κ1) is 8.87. The normalized spacial score (nSPS) is 11.1. The zero-order valence-electron chi connectivity index (χ0n) is 8.14. The van der Waals surface area contributed by atoms with Gasteiger partial charge in [-0.1, -0.05) is 13.8 Å². The summed E-state index contributed by atoms with van der Waals surface area (Å²) in [5.41, 5.74) is 1.42. The molecule has 0 aromatic carbocycles. The van der Waals surface area contributed by atoms with Crippen molar-refractivity contribution in [3.05, 3.63) is 30.4 Å². The van der Waals surface area contributed by atoms with E-state index in [0.29, 0.717) is 5.56 Å². The quantitative estimate of drug-likeness (QED) is 0.673. The molecule has 0 fully saturated rings. The van der Waals surface area contributed by atoms with Crippen molar-refractivity contribution in [1.29, 1.82) is 0 Å². The number of ketones is 1. The predicted octanol–water partition coefficient (Wildman–Crippen LogP) is 1.57. The molecule has 72 valence electrons. The number of rotatable bonds is 2. The van der Waals surface area contributed by atoms with Crippen LogP contribution in [0.25, 0.3) is 5.52 Å². The average Bonchev–Trinajstić information content (AvgIpc) is 2.60. The monoisotopic (exact) mass is 189 g/mol. The third kappa shape index (κ3) is 1.28. The molecule has 2 aromatic heterocycles. The molecule has 0 atom stereocenters. The second-order valence-corrected chi connectivity index (χ2v) is 3.48. The molecule has 0 radical (unpaired) electrons. The first-order valence-corrected chi connectivity index (χ1v) is 4.51. The van der Waals surface area contributed by atoms with Crippen LogP contribution in [0.4, 0.5) is 0 Å². The van der Waals surface area contributed by atoms with Gasteiger partial charge in [-0.2, -0.15) is 5.10 Å². The van der Waals surface area contributed by atoms with Crippen LogP contribution in [-0.2, 0) is 0 Å². The van der Waals surface area contributed by atoms with E-state index in [0.717, 1.165) is 5.52 Å². The van der Waals surface area contributed by atoms with Crippen LogP contribution in [0.2, 0.25) is 0 Å². The van der Waals surface area contributed by atoms with Crippen LogP contribution >= 0.6 is 0 Å². The van der Waals surface area contributed by atoms with E-state index in [2.05, 4.69) is 10.1 Å². The van der Waals surface area contributed by atoms with Gasteiger partial charge in [0.2, 0.25) is 0 Å². The minimum Gasteiger partial charge on any atom is -0.294 e. The predicted molar refractivity (Wildman–Crippen MR) is 52.2 cm³/mol. The Kier molecular flexibility index (Phi) is 2.04. The maximum absolute atomic E-state index is 11.7. The van der Waals surface area contributed by atoms with Crippen LogP contribution in [0.1, 0.15) is 24.2 Å². The average molecular weight is 189 g/mol. The topological polar surface area (TPSA) is 47.3 Å². The van der Waals surface area contributed by atoms with Gasteiger partial charge in [0.1, 0.15) is 0 Å². The number of Topliss-reactive ketones (excluding diaryl/α,β-unsaturated/α-hetero) is 1. The van der Waals surface area contributed by atoms with Crippen LogP contribution in [0.5, 0.6) is 0 Å². The van der Waals surface area contributed by atoms with Gasteiger partial charge in [0, 0.05) is 18.3 Å². The molecule has 2 aromatic rings. The van der Waals surface area contributed by atoms with E-state index in [1.807, 2.05) is 13.8 Å². The van der Waals surface area contributed by atoms with E-state index in [1.54, 1.807) is 29.3 Å². The Labute approximate surface area is 81.6 Å². The number of aromatic nitrogens is 3. The first-order chi connectivity index (χ1) is 6.70. The Bertz CT molecular complexity index is 473. The Morgan fingerprint density at radius 3 is 2.93 bits per heavy atom. The molecule has 0 saturated carbocycles. The highest BCUT2D eigenvalue weighted by atomic mass is 16.1. The van der Waals surface area contributed by atoms with Crippen LogP contribution in [0.15, 0.2) is 24.8 Å². The third-order valence-electron chi connectivity index (χ3n) is 2.11. The van der Waals surface area contributed by atoms with Crippen molar-refractivity contribution >= 4 is 11.3 Å². The lowest BCUT2D eigenvalue weighted by molar-refractivity contribution is 0.0941. The van der Waals surface area contributed by atoms with Crippen molar-refractivity contribution in [2.75, 3.05) is 0 Å². The lowest BCUT2D eigenvalue weighted by Crippen LogP contribution is -2.06. The summed E-state index contributed by atoms with van der Waals surface area (Å²) >= 11 is 0. The van der Waals surface area contributed by atoms with Gasteiger partial charge in [-0.05, 0) is 0 Å². The van der Waals surface area contributed by atoms with Crippen LogP contribution < -0.4 is 0 Å². The Morgan fingerprint density at radius 2 is 2.21 bits per heavy atom. The molecule has 0 unspecified atom stereocenters. The number of carbonyl (C=O) groups is 1. The molecular formula is C10H11N3O. The summed E-state index contributed by atoms with van der Waals surface area (Å²) in [6, 6.07) is 0. The van der Waals surface area contributed by atoms with Crippen molar-refractivity contribution in [3.8, 4) is 0 Å². The second kappa shape index (κ2) is 3.21. The van der Waals surface area contributed by atoms with E-state index in [4.69, 9.17) is 0 Å². The fraction of sp³-hybridized carbons (Fsp3) is 0.300. The summed E-state index contributed by atoms with van der Waals surface area (Å²) in [7, 11) is 0. The minimum atomic E-state index is -0.0109. The summed E-state index contributed by atoms with van der Waals surface area (Å²) in [5.74, 6) is 0.0937. The molecule has 0 aliphatic rings. The molecule has 4 nitrogen and oxygen atoms in total. The Hall–Kier alpha value is -1.71. The van der Waals surface area contributed by atoms with Crippen molar-refractivity contribution in [2.45, 2.75) is 13.8 Å². The summed E-state index contributed by atoms with van der Waals surface area (Å²) in [4.78, 5) is 15.7. The second-order valence-electron chi connectivity index (χ2n) is 3.48. The lowest BCUT2D eigenvalue weighted by Gasteiger charge is -2.00. The van der Waals surface area contributed by atoms with Crippen molar-refractivity contribution in [2.24, 2.45) is 5.92 Å². The number of nitrogens with zero attached hydrogens (tertiary/aromatic N) is 3. The molecule has 4 heteroatoms. The largest absolute Gasteiger partial charge is 0.294 e. The maximum atomic E-state index is 11.7. The summed E-state index contributed by atoms with van der Waals surface area (Å²) in [6.45, 7) is 3.75. The molecule has 0 spiro atoms. The van der Waals surface area contributed by atoms with Gasteiger partial charge < -0.3 is 0 Å². The molecule has 0 bridgehead atoms. The maximum Gasteiger partial charge on any atom is 0.169 e. The molecular weight excluding hydrogens is 178 g/mol. The fourth-order valence-corrected chi connectivity index (χ4v) is 1.34. The smallest absolute Gasteiger partial charge is 0.169 e. The number of fused-ring (bicyclic) bond motifs is 1. The highest BCUT2D eigenvalue weighted by Crippen LogP contribution is 2.13. The molecule has 0 saturated heterocycles. The summed E-state index contributed by atoms with van der Waals surface area (Å²) < 4.78 is 1.66. The summed E-state index contributed by atoms with van der Waals surface area (Å²) in [6.07, 6.45) is 6.62. The lowest BCUT2D eigenvalue weighted by atomic mass is 10.0. The van der Waals surface area contributed by atoms with Crippen molar-refractivity contribution in [1.82, 2.24) is 14.6 Å². The Morgan fingerprint density at radius 1 is 1.43 bits per heavy atom. The van der Waals surface area contributed by atoms with Gasteiger partial charge in [-0.25, -0.2) is 4.52 Å². The third-order valence-corrected chi connectivity index (χ3v) is 2.11. The van der Waals surface area contributed by atoms with E-state index < -0.39 is 0 Å². The number of hydrogen-bond donors (Lipinski definition) is 0. The van der Waals surface area contributed by atoms with Gasteiger partial charge >= 0.3 is 0 Å². The molecule has 0 aliphatic heterocycles. The van der Waals surface area contributed by atoms with Crippen molar-refractivity contribution in [3.63, 3.8) is 0 Å². The van der Waals surface area contributed by atoms with Crippen LogP contribution in [-0.4, -0.2) is 20.4 Å². The van der Waals surface area contributed by atoms with Crippen LogP contribution in [0, 0.1) is 5.92 Å². The van der Waals surface area contributed by atoms with E-state index >= 15 is 0 Å². The van der Waals surface area contributed by atoms with E-state index in [-0.39, 0.29) is 11.7 Å². The standard InChI is InChI=1S/C10H11N3O/c1-7(2)10(14)8-5-12-13-4-3-11-6-9(8)13/h3-7H,1-2H3. The fourth-order valence-electron chi connectivity index (χ4n) is 1.34. The minimum absolute atomic E-state index is 0.0109. The van der Waals surface area contributed by atoms with Gasteiger partial charge in [-0.15, -0.1) is 0 Å². The SMILES string of the molecule is CC(C)C(=O)c1cnn2ccncc12. The van der Waals surface area contributed by atoms with Gasteiger partial charge in [-0.3, -0.25) is 9.78 Å². The molecule has 0 aliphatic carbocycles. The van der Waals surface area contributed by atoms with E-state index in [9.17, 15) is 4.79 Å². The highest BCUT2D eigenvalue weighted by molar-refractivity contribution is 6.03. The molecule has 0 N–H and O–H groups in total. The van der Waals surface area contributed by atoms with Gasteiger partial charge in [0.05, 0.1) is 23.5 Å². The zero-order valence-corrected chi connectivity index (χ0v) is 8.14. The molecule has 2 heterocycles. The number of hydrogen-bond acceptors (Lipinski definition) is 3. The van der Waals surface area contributed by atoms with Gasteiger partial charge in [0.15, 0.2) is 5.78 Å². The molecule has 14 heavy (non-hydrogen) atoms. The Balaban J connectivity index is 2.58. The zero-order chi connectivity index (χ0) is 10.1. The molecule has 2 rings (SSSR count). The summed E-state index contributed by atoms with van der Waals surface area (Å²) in [5, 5.41) is 4.08.